The maximum Gasteiger partial charge on any atom is 0.256 e. The molecule has 3 nitrogen and oxygen atoms in total. The van der Waals surface area contributed by atoms with Crippen LogP contribution in [0.1, 0.15) is 30.6 Å². The summed E-state index contributed by atoms with van der Waals surface area (Å²) in [5, 5.41) is 0.463. The maximum atomic E-state index is 12.0. The van der Waals surface area contributed by atoms with Crippen LogP contribution in [-0.4, -0.2) is 28.9 Å². The molecule has 0 atom stereocenters. The van der Waals surface area contributed by atoms with E-state index in [0.29, 0.717) is 17.1 Å². The zero-order chi connectivity index (χ0) is 11.3. The third-order valence-electron chi connectivity index (χ3n) is 2.16. The van der Waals surface area contributed by atoms with Crippen molar-refractivity contribution in [2.24, 2.45) is 0 Å². The van der Waals surface area contributed by atoms with Crippen LogP contribution in [0.15, 0.2) is 18.5 Å². The van der Waals surface area contributed by atoms with Gasteiger partial charge in [0.2, 0.25) is 0 Å². The average Bonchev–Trinajstić information content (AvgIpc) is 2.25. The smallest absolute Gasteiger partial charge is 0.256 e. The monoisotopic (exact) mass is 226 g/mol. The molecule has 0 spiro atoms. The van der Waals surface area contributed by atoms with Gasteiger partial charge in [0.1, 0.15) is 0 Å². The molecular weight excluding hydrogens is 212 g/mol. The Morgan fingerprint density at radius 2 is 2.27 bits per heavy atom. The number of carbonyl (C=O) groups is 1. The van der Waals surface area contributed by atoms with Crippen molar-refractivity contribution >= 4 is 17.5 Å². The largest absolute Gasteiger partial charge is 0.339 e. The molecule has 0 aliphatic heterocycles. The van der Waals surface area contributed by atoms with Gasteiger partial charge in [-0.1, -0.05) is 18.5 Å². The Hall–Kier alpha value is -1.09. The highest BCUT2D eigenvalue weighted by molar-refractivity contribution is 6.33. The molecule has 1 heterocycles. The molecule has 1 amide bonds. The molecule has 0 aromatic carbocycles. The number of nitrogens with zero attached hydrogens (tertiary/aromatic N) is 2. The van der Waals surface area contributed by atoms with Crippen LogP contribution < -0.4 is 0 Å². The van der Waals surface area contributed by atoms with Gasteiger partial charge in [0, 0.05) is 25.5 Å². The molecule has 15 heavy (non-hydrogen) atoms. The molecule has 82 valence electrons. The number of rotatable bonds is 4. The molecule has 0 saturated heterocycles. The molecule has 0 bridgehead atoms. The summed E-state index contributed by atoms with van der Waals surface area (Å²) in [5.74, 6) is -0.0440. The van der Waals surface area contributed by atoms with Gasteiger partial charge < -0.3 is 4.90 Å². The Morgan fingerprint density at radius 1 is 1.53 bits per heavy atom. The van der Waals surface area contributed by atoms with E-state index in [9.17, 15) is 4.79 Å². The highest BCUT2D eigenvalue weighted by atomic mass is 35.5. The molecule has 1 aromatic heterocycles. The second kappa shape index (κ2) is 5.71. The van der Waals surface area contributed by atoms with E-state index in [2.05, 4.69) is 4.98 Å². The second-order valence-electron chi connectivity index (χ2n) is 3.24. The highest BCUT2D eigenvalue weighted by Gasteiger charge is 2.15. The van der Waals surface area contributed by atoms with Gasteiger partial charge in [-0.05, 0) is 19.4 Å². The van der Waals surface area contributed by atoms with Crippen molar-refractivity contribution in [1.29, 1.82) is 0 Å². The molecule has 0 saturated carbocycles. The fourth-order valence-electron chi connectivity index (χ4n) is 1.38. The molecule has 4 heteroatoms. The van der Waals surface area contributed by atoms with Crippen molar-refractivity contribution in [2.75, 3.05) is 13.1 Å². The van der Waals surface area contributed by atoms with Crippen LogP contribution in [-0.2, 0) is 0 Å². The van der Waals surface area contributed by atoms with Crippen LogP contribution >= 0.6 is 11.6 Å². The normalized spacial score (nSPS) is 10.1. The maximum absolute atomic E-state index is 12.0. The standard InChI is InChI=1S/C11H15ClN2O/c1-3-7-14(4-2)11(15)9-8-13-6-5-10(9)12/h5-6,8H,3-4,7H2,1-2H3. The third kappa shape index (κ3) is 2.93. The first-order chi connectivity index (χ1) is 7.20. The van der Waals surface area contributed by atoms with E-state index in [1.165, 1.54) is 6.20 Å². The highest BCUT2D eigenvalue weighted by Crippen LogP contribution is 2.15. The van der Waals surface area contributed by atoms with Crippen molar-refractivity contribution < 1.29 is 4.79 Å². The van der Waals surface area contributed by atoms with Gasteiger partial charge in [0.05, 0.1) is 10.6 Å². The summed E-state index contributed by atoms with van der Waals surface area (Å²) >= 11 is 5.93. The molecule has 0 unspecified atom stereocenters. The number of carbonyl (C=O) groups excluding carboxylic acids is 1. The molecule has 0 radical (unpaired) electrons. The fraction of sp³-hybridized carbons (Fsp3) is 0.455. The lowest BCUT2D eigenvalue weighted by atomic mass is 10.2. The van der Waals surface area contributed by atoms with Gasteiger partial charge in [-0.3, -0.25) is 9.78 Å². The Labute approximate surface area is 95.1 Å². The SMILES string of the molecule is CCCN(CC)C(=O)c1cnccc1Cl. The zero-order valence-electron chi connectivity index (χ0n) is 9.03. The van der Waals surface area contributed by atoms with Crippen LogP contribution in [0.4, 0.5) is 0 Å². The summed E-state index contributed by atoms with van der Waals surface area (Å²) < 4.78 is 0. The first-order valence-electron chi connectivity index (χ1n) is 5.09. The number of hydrogen-bond acceptors (Lipinski definition) is 2. The molecule has 0 aliphatic rings. The topological polar surface area (TPSA) is 33.2 Å². The van der Waals surface area contributed by atoms with E-state index >= 15 is 0 Å². The van der Waals surface area contributed by atoms with Crippen LogP contribution in [0, 0.1) is 0 Å². The molecule has 1 rings (SSSR count). The quantitative estimate of drug-likeness (QED) is 0.791. The number of pyridine rings is 1. The fourth-order valence-corrected chi connectivity index (χ4v) is 1.56. The van der Waals surface area contributed by atoms with Gasteiger partial charge in [0.15, 0.2) is 0 Å². The molecule has 0 fully saturated rings. The Kier molecular flexibility index (Phi) is 4.56. The number of aromatic nitrogens is 1. The lowest BCUT2D eigenvalue weighted by Crippen LogP contribution is -2.31. The Morgan fingerprint density at radius 3 is 2.80 bits per heavy atom. The summed E-state index contributed by atoms with van der Waals surface area (Å²) in [6.45, 7) is 5.44. The summed E-state index contributed by atoms with van der Waals surface area (Å²) in [6, 6.07) is 1.63. The van der Waals surface area contributed by atoms with E-state index in [1.807, 2.05) is 13.8 Å². The summed E-state index contributed by atoms with van der Waals surface area (Å²) in [4.78, 5) is 17.7. The second-order valence-corrected chi connectivity index (χ2v) is 3.65. The van der Waals surface area contributed by atoms with E-state index < -0.39 is 0 Å². The first kappa shape index (κ1) is 12.0. The van der Waals surface area contributed by atoms with Crippen LogP contribution in [0.25, 0.3) is 0 Å². The predicted molar refractivity (Wildman–Crippen MR) is 61.1 cm³/mol. The van der Waals surface area contributed by atoms with Gasteiger partial charge in [-0.25, -0.2) is 0 Å². The van der Waals surface area contributed by atoms with Crippen molar-refractivity contribution in [1.82, 2.24) is 9.88 Å². The van der Waals surface area contributed by atoms with Crippen LogP contribution in [0.3, 0.4) is 0 Å². The van der Waals surface area contributed by atoms with Gasteiger partial charge in [0.25, 0.3) is 5.91 Å². The molecule has 1 aromatic rings. The Balaban J connectivity index is 2.88. The van der Waals surface area contributed by atoms with Crippen molar-refractivity contribution in [2.45, 2.75) is 20.3 Å². The first-order valence-corrected chi connectivity index (χ1v) is 5.47. The molecule has 0 N–H and O–H groups in total. The van der Waals surface area contributed by atoms with Crippen molar-refractivity contribution in [3.05, 3.63) is 29.0 Å². The minimum absolute atomic E-state index is 0.0440. The van der Waals surface area contributed by atoms with Gasteiger partial charge >= 0.3 is 0 Å². The number of amides is 1. The van der Waals surface area contributed by atoms with Gasteiger partial charge in [-0.15, -0.1) is 0 Å². The van der Waals surface area contributed by atoms with E-state index in [0.717, 1.165) is 13.0 Å². The zero-order valence-corrected chi connectivity index (χ0v) is 9.79. The average molecular weight is 227 g/mol. The van der Waals surface area contributed by atoms with Gasteiger partial charge in [-0.2, -0.15) is 0 Å². The lowest BCUT2D eigenvalue weighted by molar-refractivity contribution is 0.0764. The predicted octanol–water partition coefficient (Wildman–Crippen LogP) is 2.61. The minimum atomic E-state index is -0.0440. The van der Waals surface area contributed by atoms with Crippen LogP contribution in [0.2, 0.25) is 5.02 Å². The summed E-state index contributed by atoms with van der Waals surface area (Å²) in [6.07, 6.45) is 4.04. The van der Waals surface area contributed by atoms with E-state index in [-0.39, 0.29) is 5.91 Å². The number of halogens is 1. The third-order valence-corrected chi connectivity index (χ3v) is 2.49. The van der Waals surface area contributed by atoms with E-state index in [4.69, 9.17) is 11.6 Å². The molecular formula is C11H15ClN2O. The van der Waals surface area contributed by atoms with Crippen molar-refractivity contribution in [3.8, 4) is 0 Å². The van der Waals surface area contributed by atoms with E-state index in [1.54, 1.807) is 17.2 Å². The Bertz CT molecular complexity index is 341. The summed E-state index contributed by atoms with van der Waals surface area (Å²) in [5.41, 5.74) is 0.481. The lowest BCUT2D eigenvalue weighted by Gasteiger charge is -2.20. The molecule has 0 aliphatic carbocycles. The number of hydrogen-bond donors (Lipinski definition) is 0. The minimum Gasteiger partial charge on any atom is -0.339 e. The van der Waals surface area contributed by atoms with Crippen molar-refractivity contribution in [3.63, 3.8) is 0 Å². The summed E-state index contributed by atoms with van der Waals surface area (Å²) in [7, 11) is 0. The van der Waals surface area contributed by atoms with Crippen LogP contribution in [0.5, 0.6) is 0 Å².